The van der Waals surface area contributed by atoms with Crippen LogP contribution >= 0.6 is 0 Å². The lowest BCUT2D eigenvalue weighted by molar-refractivity contribution is -0.149. The van der Waals surface area contributed by atoms with Crippen molar-refractivity contribution in [2.75, 3.05) is 13.6 Å². The van der Waals surface area contributed by atoms with Crippen LogP contribution in [-0.4, -0.2) is 52.6 Å². The van der Waals surface area contributed by atoms with Crippen LogP contribution in [0.5, 0.6) is 0 Å². The summed E-state index contributed by atoms with van der Waals surface area (Å²) in [5, 5.41) is 27.2. The summed E-state index contributed by atoms with van der Waals surface area (Å²) in [5.74, 6) is -4.71. The Morgan fingerprint density at radius 2 is 1.50 bits per heavy atom. The molecule has 0 saturated heterocycles. The molecule has 0 spiro atoms. The van der Waals surface area contributed by atoms with Crippen LogP contribution in [0.1, 0.15) is 46.5 Å². The van der Waals surface area contributed by atoms with Gasteiger partial charge in [0.2, 0.25) is 5.78 Å². The summed E-state index contributed by atoms with van der Waals surface area (Å²) in [7, 11) is 1.96. The van der Waals surface area contributed by atoms with Gasteiger partial charge in [-0.1, -0.05) is 20.8 Å². The number of carbonyl (C=O) groups is 4. The van der Waals surface area contributed by atoms with Crippen LogP contribution in [0.25, 0.3) is 0 Å². The number of ketones is 1. The molecule has 0 aliphatic heterocycles. The number of carboxylic acids is 3. The van der Waals surface area contributed by atoms with Crippen molar-refractivity contribution >= 4 is 23.7 Å². The van der Waals surface area contributed by atoms with Crippen molar-refractivity contribution in [1.29, 1.82) is 0 Å². The molecule has 0 radical (unpaired) electrons. The van der Waals surface area contributed by atoms with Gasteiger partial charge in [0.1, 0.15) is 0 Å². The molecule has 4 N–H and O–H groups in total. The van der Waals surface area contributed by atoms with Gasteiger partial charge in [-0.15, -0.1) is 0 Å². The highest BCUT2D eigenvalue weighted by Crippen LogP contribution is 1.97. The Bertz CT molecular complexity index is 340. The molecule has 0 rings (SSSR count). The molecule has 0 aromatic carbocycles. The third-order valence-electron chi connectivity index (χ3n) is 2.34. The average molecular weight is 321 g/mol. The number of nitrogens with one attached hydrogen (secondary N) is 1. The van der Waals surface area contributed by atoms with Crippen molar-refractivity contribution < 1.29 is 34.5 Å². The Hall–Kier alpha value is -1.96. The third kappa shape index (κ3) is 23.2. The summed E-state index contributed by atoms with van der Waals surface area (Å²) in [6.45, 7) is 6.84. The van der Waals surface area contributed by atoms with Crippen molar-refractivity contribution in [2.45, 2.75) is 46.5 Å². The highest BCUT2D eigenvalue weighted by molar-refractivity contribution is 6.32. The summed E-state index contributed by atoms with van der Waals surface area (Å²) < 4.78 is 0. The first-order valence-electron chi connectivity index (χ1n) is 6.99. The topological polar surface area (TPSA) is 141 Å². The Balaban J connectivity index is -0.000000263. The third-order valence-corrected chi connectivity index (χ3v) is 2.34. The predicted molar refractivity (Wildman–Crippen MR) is 80.8 cm³/mol. The monoisotopic (exact) mass is 321 g/mol. The number of carboxylic acid groups (broad SMARTS) is 3. The van der Waals surface area contributed by atoms with Gasteiger partial charge in [0.15, 0.2) is 0 Å². The molecule has 0 aromatic rings. The van der Waals surface area contributed by atoms with Gasteiger partial charge in [0.05, 0.1) is 12.3 Å². The fourth-order valence-electron chi connectivity index (χ4n) is 0.752. The molecule has 130 valence electrons. The second-order valence-corrected chi connectivity index (χ2v) is 4.37. The number of hydrogen-bond donors (Lipinski definition) is 4. The van der Waals surface area contributed by atoms with Gasteiger partial charge in [-0.3, -0.25) is 14.4 Å². The first kappa shape index (κ1) is 25.0. The van der Waals surface area contributed by atoms with Gasteiger partial charge < -0.3 is 20.6 Å². The molecular weight excluding hydrogens is 294 g/mol. The molecule has 22 heavy (non-hydrogen) atoms. The maximum Gasteiger partial charge on any atom is 0.372 e. The zero-order chi connectivity index (χ0) is 18.1. The van der Waals surface area contributed by atoms with Crippen molar-refractivity contribution in [3.63, 3.8) is 0 Å². The van der Waals surface area contributed by atoms with E-state index < -0.39 is 36.5 Å². The number of Topliss-reactive ketones (excluding diaryl/α,β-unsaturated/α-hetero) is 1. The summed E-state index contributed by atoms with van der Waals surface area (Å²) in [6, 6.07) is 0. The molecule has 0 heterocycles. The van der Waals surface area contributed by atoms with Gasteiger partial charge in [-0.25, -0.2) is 4.79 Å². The van der Waals surface area contributed by atoms with E-state index >= 15 is 0 Å². The summed E-state index contributed by atoms with van der Waals surface area (Å²) in [4.78, 5) is 39.7. The quantitative estimate of drug-likeness (QED) is 0.489. The zero-order valence-corrected chi connectivity index (χ0v) is 13.6. The van der Waals surface area contributed by atoms with E-state index in [0.717, 1.165) is 13.0 Å². The Labute approximate surface area is 130 Å². The molecule has 0 bridgehead atoms. The van der Waals surface area contributed by atoms with E-state index in [-0.39, 0.29) is 5.92 Å². The predicted octanol–water partition coefficient (Wildman–Crippen LogP) is 1.24. The average Bonchev–Trinajstić information content (AvgIpc) is 2.45. The smallest absolute Gasteiger partial charge is 0.372 e. The van der Waals surface area contributed by atoms with Crippen molar-refractivity contribution in [2.24, 2.45) is 5.92 Å². The van der Waals surface area contributed by atoms with E-state index in [9.17, 15) is 19.2 Å². The molecule has 1 unspecified atom stereocenters. The second kappa shape index (κ2) is 17.1. The zero-order valence-electron chi connectivity index (χ0n) is 13.6. The van der Waals surface area contributed by atoms with Gasteiger partial charge in [-0.2, -0.15) is 0 Å². The van der Waals surface area contributed by atoms with E-state index in [1.165, 1.54) is 6.42 Å². The minimum absolute atomic E-state index is 0.181. The first-order chi connectivity index (χ1) is 10.1. The Kier molecular flexibility index (Phi) is 19.4. The van der Waals surface area contributed by atoms with Gasteiger partial charge in [-0.05, 0) is 26.4 Å². The highest BCUT2D eigenvalue weighted by Gasteiger charge is 2.12. The fraction of sp³-hybridized carbons (Fsp3) is 0.714. The Morgan fingerprint density at radius 3 is 1.64 bits per heavy atom. The lowest BCUT2D eigenvalue weighted by Gasteiger charge is -1.96. The van der Waals surface area contributed by atoms with E-state index in [1.807, 2.05) is 14.0 Å². The molecule has 0 aliphatic carbocycles. The van der Waals surface area contributed by atoms with Crippen LogP contribution in [0.2, 0.25) is 0 Å². The lowest BCUT2D eigenvalue weighted by atomic mass is 10.1. The highest BCUT2D eigenvalue weighted by atomic mass is 16.4. The molecule has 1 atom stereocenters. The fourth-order valence-corrected chi connectivity index (χ4v) is 0.752. The van der Waals surface area contributed by atoms with Gasteiger partial charge in [0.25, 0.3) is 0 Å². The van der Waals surface area contributed by atoms with Gasteiger partial charge >= 0.3 is 17.9 Å². The largest absolute Gasteiger partial charge is 0.481 e. The van der Waals surface area contributed by atoms with E-state index in [4.69, 9.17) is 15.3 Å². The van der Waals surface area contributed by atoms with Gasteiger partial charge in [0, 0.05) is 6.42 Å². The van der Waals surface area contributed by atoms with Crippen LogP contribution in [0.3, 0.4) is 0 Å². The molecular formula is C14H27NO7. The van der Waals surface area contributed by atoms with Crippen molar-refractivity contribution in [3.8, 4) is 0 Å². The summed E-state index contributed by atoms with van der Waals surface area (Å²) in [5.41, 5.74) is 0. The summed E-state index contributed by atoms with van der Waals surface area (Å²) >= 11 is 0. The SMILES string of the molecule is CCC(C)C(=O)O.CCCNC.O=C(O)CCC(=O)C(=O)O. The van der Waals surface area contributed by atoms with Crippen molar-refractivity contribution in [1.82, 2.24) is 5.32 Å². The molecule has 0 fully saturated rings. The standard InChI is InChI=1S/C5H6O5.C5H10O2.C4H11N/c6-3(5(9)10)1-2-4(7)8;1-3-4(2)5(6)7;1-3-4-5-2/h1-2H2,(H,7,8)(H,9,10);4H,3H2,1-2H3,(H,6,7);5H,3-4H2,1-2H3. The number of hydrogen-bond acceptors (Lipinski definition) is 5. The van der Waals surface area contributed by atoms with Crippen LogP contribution in [0, 0.1) is 5.92 Å². The minimum atomic E-state index is -1.58. The molecule has 8 heteroatoms. The number of rotatable bonds is 8. The molecule has 8 nitrogen and oxygen atoms in total. The van der Waals surface area contributed by atoms with E-state index in [1.54, 1.807) is 6.92 Å². The number of carbonyl (C=O) groups excluding carboxylic acids is 1. The molecule has 0 aliphatic rings. The Morgan fingerprint density at radius 1 is 1.00 bits per heavy atom. The van der Waals surface area contributed by atoms with Crippen LogP contribution in [0.15, 0.2) is 0 Å². The normalized spacial score (nSPS) is 10.2. The molecule has 0 aromatic heterocycles. The van der Waals surface area contributed by atoms with Crippen LogP contribution in [0.4, 0.5) is 0 Å². The number of aliphatic carboxylic acids is 3. The van der Waals surface area contributed by atoms with E-state index in [0.29, 0.717) is 0 Å². The molecule has 0 amide bonds. The maximum atomic E-state index is 10.2. The lowest BCUT2D eigenvalue weighted by Crippen LogP contribution is -2.13. The minimum Gasteiger partial charge on any atom is -0.481 e. The van der Waals surface area contributed by atoms with E-state index in [2.05, 4.69) is 12.2 Å². The second-order valence-electron chi connectivity index (χ2n) is 4.37. The van der Waals surface area contributed by atoms with Crippen LogP contribution in [-0.2, 0) is 19.2 Å². The summed E-state index contributed by atoms with van der Waals surface area (Å²) in [6.07, 6.45) is 1.08. The molecule has 0 saturated carbocycles. The van der Waals surface area contributed by atoms with Crippen molar-refractivity contribution in [3.05, 3.63) is 0 Å². The van der Waals surface area contributed by atoms with Crippen LogP contribution < -0.4 is 5.32 Å². The first-order valence-corrected chi connectivity index (χ1v) is 6.99. The maximum absolute atomic E-state index is 10.2.